The van der Waals surface area contributed by atoms with E-state index in [1.54, 1.807) is 6.92 Å². The number of rotatable bonds is 7. The van der Waals surface area contributed by atoms with E-state index in [1.165, 1.54) is 12.4 Å². The Morgan fingerprint density at radius 2 is 2.29 bits per heavy atom. The third-order valence-corrected chi connectivity index (χ3v) is 5.86. The van der Waals surface area contributed by atoms with E-state index < -0.39 is 16.0 Å². The smallest absolute Gasteiger partial charge is 0.346 e. The Morgan fingerprint density at radius 3 is 2.86 bits per heavy atom. The van der Waals surface area contributed by atoms with E-state index in [9.17, 15) is 13.2 Å². The van der Waals surface area contributed by atoms with Gasteiger partial charge in [-0.05, 0) is 25.0 Å². The van der Waals surface area contributed by atoms with Crippen LogP contribution in [-0.2, 0) is 16.4 Å². The number of H-pyrrole nitrogens is 1. The SMILES string of the molecule is Cc1cc(S(=O)(=O)NCCCc2ncn[nH]2)sc1C(=O)O. The summed E-state index contributed by atoms with van der Waals surface area (Å²) in [4.78, 5) is 14.9. The first-order valence-electron chi connectivity index (χ1n) is 6.08. The molecule has 0 bridgehead atoms. The molecule has 2 heterocycles. The molecule has 21 heavy (non-hydrogen) atoms. The largest absolute Gasteiger partial charge is 0.477 e. The Labute approximate surface area is 125 Å². The van der Waals surface area contributed by atoms with Gasteiger partial charge in [0.15, 0.2) is 0 Å². The Balaban J connectivity index is 1.95. The van der Waals surface area contributed by atoms with Crippen molar-refractivity contribution < 1.29 is 18.3 Å². The summed E-state index contributed by atoms with van der Waals surface area (Å²) in [6.07, 6.45) is 2.53. The minimum atomic E-state index is -3.68. The molecule has 0 spiro atoms. The zero-order valence-corrected chi connectivity index (χ0v) is 12.8. The molecule has 0 aromatic carbocycles. The summed E-state index contributed by atoms with van der Waals surface area (Å²) in [6.45, 7) is 1.81. The van der Waals surface area contributed by atoms with Gasteiger partial charge in [0.25, 0.3) is 0 Å². The lowest BCUT2D eigenvalue weighted by Crippen LogP contribution is -2.24. The molecule has 2 aromatic heterocycles. The summed E-state index contributed by atoms with van der Waals surface area (Å²) in [6, 6.07) is 1.37. The molecule has 114 valence electrons. The third kappa shape index (κ3) is 3.86. The summed E-state index contributed by atoms with van der Waals surface area (Å²) in [7, 11) is -3.68. The summed E-state index contributed by atoms with van der Waals surface area (Å²) in [5.41, 5.74) is 0.439. The summed E-state index contributed by atoms with van der Waals surface area (Å²) < 4.78 is 26.6. The average molecular weight is 330 g/mol. The fourth-order valence-electron chi connectivity index (χ4n) is 1.68. The van der Waals surface area contributed by atoms with Crippen LogP contribution in [0.5, 0.6) is 0 Å². The van der Waals surface area contributed by atoms with Crippen LogP contribution in [0.3, 0.4) is 0 Å². The van der Waals surface area contributed by atoms with Crippen molar-refractivity contribution in [3.8, 4) is 0 Å². The second-order valence-corrected chi connectivity index (χ2v) is 7.36. The van der Waals surface area contributed by atoms with Crippen molar-refractivity contribution in [1.29, 1.82) is 0 Å². The highest BCUT2D eigenvalue weighted by Crippen LogP contribution is 2.25. The molecule has 0 radical (unpaired) electrons. The zero-order chi connectivity index (χ0) is 15.5. The fourth-order valence-corrected chi connectivity index (χ4v) is 4.18. The molecule has 2 rings (SSSR count). The zero-order valence-electron chi connectivity index (χ0n) is 11.2. The summed E-state index contributed by atoms with van der Waals surface area (Å²) in [5.74, 6) is -0.432. The molecule has 0 amide bonds. The molecular weight excluding hydrogens is 316 g/mol. The van der Waals surface area contributed by atoms with E-state index in [2.05, 4.69) is 19.9 Å². The van der Waals surface area contributed by atoms with Crippen molar-refractivity contribution in [2.45, 2.75) is 24.0 Å². The fraction of sp³-hybridized carbons (Fsp3) is 0.364. The van der Waals surface area contributed by atoms with Gasteiger partial charge in [0, 0.05) is 13.0 Å². The quantitative estimate of drug-likeness (QED) is 0.644. The van der Waals surface area contributed by atoms with Gasteiger partial charge in [-0.25, -0.2) is 22.9 Å². The van der Waals surface area contributed by atoms with Crippen LogP contribution in [0.2, 0.25) is 0 Å². The second kappa shape index (κ2) is 6.33. The molecular formula is C11H14N4O4S2. The predicted octanol–water partition coefficient (Wildman–Crippen LogP) is 0.784. The van der Waals surface area contributed by atoms with Gasteiger partial charge in [-0.2, -0.15) is 5.10 Å². The molecule has 3 N–H and O–H groups in total. The predicted molar refractivity (Wildman–Crippen MR) is 75.9 cm³/mol. The number of thiophene rings is 1. The number of aromatic nitrogens is 3. The van der Waals surface area contributed by atoms with E-state index in [0.717, 1.165) is 11.3 Å². The van der Waals surface area contributed by atoms with Crippen molar-refractivity contribution in [3.05, 3.63) is 28.7 Å². The van der Waals surface area contributed by atoms with Gasteiger partial charge in [-0.15, -0.1) is 11.3 Å². The number of hydrogen-bond donors (Lipinski definition) is 3. The van der Waals surface area contributed by atoms with E-state index in [0.29, 0.717) is 24.2 Å². The maximum Gasteiger partial charge on any atom is 0.346 e. The van der Waals surface area contributed by atoms with Crippen molar-refractivity contribution in [1.82, 2.24) is 19.9 Å². The van der Waals surface area contributed by atoms with Crippen LogP contribution in [-0.4, -0.2) is 41.2 Å². The Morgan fingerprint density at radius 1 is 1.52 bits per heavy atom. The van der Waals surface area contributed by atoms with Crippen LogP contribution in [0.15, 0.2) is 16.6 Å². The molecule has 0 saturated heterocycles. The van der Waals surface area contributed by atoms with Crippen LogP contribution in [0.1, 0.15) is 27.5 Å². The number of carbonyl (C=O) groups is 1. The molecule has 0 aliphatic carbocycles. The molecule has 8 nitrogen and oxygen atoms in total. The first-order chi connectivity index (χ1) is 9.90. The van der Waals surface area contributed by atoms with E-state index in [4.69, 9.17) is 5.11 Å². The number of sulfonamides is 1. The van der Waals surface area contributed by atoms with Crippen LogP contribution < -0.4 is 4.72 Å². The Hall–Kier alpha value is -1.78. The first kappa shape index (κ1) is 15.6. The highest BCUT2D eigenvalue weighted by atomic mass is 32.2. The number of aryl methyl sites for hydroxylation is 2. The molecule has 10 heteroatoms. The normalized spacial score (nSPS) is 11.7. The van der Waals surface area contributed by atoms with Gasteiger partial charge in [0.1, 0.15) is 21.2 Å². The van der Waals surface area contributed by atoms with Gasteiger partial charge in [0.2, 0.25) is 10.0 Å². The van der Waals surface area contributed by atoms with Crippen molar-refractivity contribution >= 4 is 27.3 Å². The van der Waals surface area contributed by atoms with Crippen LogP contribution in [0, 0.1) is 6.92 Å². The number of aromatic amines is 1. The first-order valence-corrected chi connectivity index (χ1v) is 8.38. The van der Waals surface area contributed by atoms with Crippen molar-refractivity contribution in [3.63, 3.8) is 0 Å². The van der Waals surface area contributed by atoms with Crippen molar-refractivity contribution in [2.24, 2.45) is 0 Å². The van der Waals surface area contributed by atoms with Crippen molar-refractivity contribution in [2.75, 3.05) is 6.54 Å². The average Bonchev–Trinajstić information content (AvgIpc) is 3.04. The lowest BCUT2D eigenvalue weighted by Gasteiger charge is -2.03. The molecule has 0 unspecified atom stereocenters. The minimum Gasteiger partial charge on any atom is -0.477 e. The molecule has 0 saturated carbocycles. The number of carboxylic acids is 1. The number of nitrogens with one attached hydrogen (secondary N) is 2. The lowest BCUT2D eigenvalue weighted by atomic mass is 10.3. The highest BCUT2D eigenvalue weighted by Gasteiger charge is 2.21. The number of hydrogen-bond acceptors (Lipinski definition) is 6. The minimum absolute atomic E-state index is 0.0112. The van der Waals surface area contributed by atoms with Crippen LogP contribution in [0.25, 0.3) is 0 Å². The molecule has 0 atom stereocenters. The maximum absolute atomic E-state index is 12.1. The summed E-state index contributed by atoms with van der Waals surface area (Å²) >= 11 is 0.752. The van der Waals surface area contributed by atoms with Gasteiger partial charge in [0.05, 0.1) is 0 Å². The number of carboxylic acid groups (broad SMARTS) is 1. The Kier molecular flexibility index (Phi) is 4.70. The van der Waals surface area contributed by atoms with Gasteiger partial charge >= 0.3 is 5.97 Å². The topological polar surface area (TPSA) is 125 Å². The van der Waals surface area contributed by atoms with E-state index in [-0.39, 0.29) is 15.6 Å². The molecule has 0 aliphatic rings. The lowest BCUT2D eigenvalue weighted by molar-refractivity contribution is 0.0701. The number of aromatic carboxylic acids is 1. The second-order valence-electron chi connectivity index (χ2n) is 4.32. The molecule has 0 aliphatic heterocycles. The van der Waals surface area contributed by atoms with E-state index >= 15 is 0 Å². The standard InChI is InChI=1S/C11H14N4O4S2/c1-7-5-9(20-10(7)11(16)17)21(18,19)14-4-2-3-8-12-6-13-15-8/h5-6,14H,2-4H2,1H3,(H,16,17)(H,12,13,15). The highest BCUT2D eigenvalue weighted by molar-refractivity contribution is 7.91. The van der Waals surface area contributed by atoms with E-state index in [1.807, 2.05) is 0 Å². The molecule has 0 fully saturated rings. The Bertz CT molecular complexity index is 721. The maximum atomic E-state index is 12.1. The van der Waals surface area contributed by atoms with Crippen LogP contribution in [0.4, 0.5) is 0 Å². The van der Waals surface area contributed by atoms with Gasteiger partial charge < -0.3 is 5.11 Å². The molecule has 2 aromatic rings. The summed E-state index contributed by atoms with van der Waals surface area (Å²) in [5, 5.41) is 15.3. The van der Waals surface area contributed by atoms with Gasteiger partial charge in [-0.1, -0.05) is 0 Å². The van der Waals surface area contributed by atoms with Gasteiger partial charge in [-0.3, -0.25) is 5.10 Å². The number of nitrogens with zero attached hydrogens (tertiary/aromatic N) is 2. The monoisotopic (exact) mass is 330 g/mol. The third-order valence-electron chi connectivity index (χ3n) is 2.70. The van der Waals surface area contributed by atoms with Crippen LogP contribution >= 0.6 is 11.3 Å².